The molecule has 0 spiro atoms. The number of piperidine rings is 1. The minimum atomic E-state index is 0.537. The van der Waals surface area contributed by atoms with Crippen molar-refractivity contribution in [2.45, 2.75) is 45.2 Å². The van der Waals surface area contributed by atoms with Gasteiger partial charge in [0.2, 0.25) is 0 Å². The standard InChI is InChI=1S/C13H21N3S/c1-2-16-8-6-10-12(9-16)17-13(15-10)11-5-3-4-7-14-11/h11,14H,2-9H2,1H3. The summed E-state index contributed by atoms with van der Waals surface area (Å²) in [5.74, 6) is 0. The van der Waals surface area contributed by atoms with Gasteiger partial charge in [0.15, 0.2) is 0 Å². The number of thiazole rings is 1. The van der Waals surface area contributed by atoms with Gasteiger partial charge in [0.1, 0.15) is 5.01 Å². The van der Waals surface area contributed by atoms with Crippen LogP contribution in [0.4, 0.5) is 0 Å². The molecule has 0 bridgehead atoms. The van der Waals surface area contributed by atoms with Crippen LogP contribution in [0.15, 0.2) is 0 Å². The maximum atomic E-state index is 4.87. The lowest BCUT2D eigenvalue weighted by Gasteiger charge is -2.23. The van der Waals surface area contributed by atoms with E-state index in [0.717, 1.165) is 26.1 Å². The van der Waals surface area contributed by atoms with Crippen LogP contribution in [0, 0.1) is 0 Å². The van der Waals surface area contributed by atoms with Crippen LogP contribution in [-0.2, 0) is 13.0 Å². The average Bonchev–Trinajstić information content (AvgIpc) is 2.82. The number of hydrogen-bond acceptors (Lipinski definition) is 4. The van der Waals surface area contributed by atoms with E-state index in [1.54, 1.807) is 0 Å². The molecule has 0 aromatic carbocycles. The highest BCUT2D eigenvalue weighted by Crippen LogP contribution is 2.31. The molecule has 3 nitrogen and oxygen atoms in total. The zero-order chi connectivity index (χ0) is 11.7. The molecule has 3 heterocycles. The highest BCUT2D eigenvalue weighted by atomic mass is 32.1. The van der Waals surface area contributed by atoms with Crippen molar-refractivity contribution in [3.05, 3.63) is 15.6 Å². The first-order chi connectivity index (χ1) is 8.36. The van der Waals surface area contributed by atoms with Crippen molar-refractivity contribution in [1.82, 2.24) is 15.2 Å². The predicted octanol–water partition coefficient (Wildman–Crippen LogP) is 2.34. The fraction of sp³-hybridized carbons (Fsp3) is 0.769. The van der Waals surface area contributed by atoms with Gasteiger partial charge in [-0.3, -0.25) is 4.90 Å². The third kappa shape index (κ3) is 2.39. The molecule has 1 atom stereocenters. The minimum Gasteiger partial charge on any atom is -0.308 e. The molecule has 0 aliphatic carbocycles. The molecule has 1 aromatic heterocycles. The summed E-state index contributed by atoms with van der Waals surface area (Å²) in [7, 11) is 0. The van der Waals surface area contributed by atoms with Crippen LogP contribution in [0.1, 0.15) is 47.8 Å². The highest BCUT2D eigenvalue weighted by Gasteiger charge is 2.24. The van der Waals surface area contributed by atoms with Crippen molar-refractivity contribution in [3.8, 4) is 0 Å². The largest absolute Gasteiger partial charge is 0.308 e. The van der Waals surface area contributed by atoms with Gasteiger partial charge < -0.3 is 5.32 Å². The van der Waals surface area contributed by atoms with E-state index in [-0.39, 0.29) is 0 Å². The van der Waals surface area contributed by atoms with Gasteiger partial charge in [-0.1, -0.05) is 13.3 Å². The summed E-state index contributed by atoms with van der Waals surface area (Å²) in [6.07, 6.45) is 5.09. The van der Waals surface area contributed by atoms with Crippen molar-refractivity contribution in [3.63, 3.8) is 0 Å². The number of rotatable bonds is 2. The van der Waals surface area contributed by atoms with E-state index in [2.05, 4.69) is 17.1 Å². The average molecular weight is 251 g/mol. The number of nitrogens with one attached hydrogen (secondary N) is 1. The Morgan fingerprint density at radius 1 is 1.47 bits per heavy atom. The molecule has 0 radical (unpaired) electrons. The Morgan fingerprint density at radius 3 is 3.18 bits per heavy atom. The molecule has 2 aliphatic heterocycles. The van der Waals surface area contributed by atoms with E-state index < -0.39 is 0 Å². The summed E-state index contributed by atoms with van der Waals surface area (Å²) in [5.41, 5.74) is 1.38. The van der Waals surface area contributed by atoms with Gasteiger partial charge in [-0.15, -0.1) is 11.3 Å². The Balaban J connectivity index is 1.77. The van der Waals surface area contributed by atoms with Crippen molar-refractivity contribution < 1.29 is 0 Å². The van der Waals surface area contributed by atoms with Gasteiger partial charge in [-0.2, -0.15) is 0 Å². The van der Waals surface area contributed by atoms with Crippen LogP contribution in [0.25, 0.3) is 0 Å². The quantitative estimate of drug-likeness (QED) is 0.874. The minimum absolute atomic E-state index is 0.537. The topological polar surface area (TPSA) is 28.2 Å². The Kier molecular flexibility index (Phi) is 3.45. The van der Waals surface area contributed by atoms with Crippen molar-refractivity contribution in [1.29, 1.82) is 0 Å². The van der Waals surface area contributed by atoms with E-state index in [1.807, 2.05) is 11.3 Å². The molecular formula is C13H21N3S. The molecular weight excluding hydrogens is 230 g/mol. The van der Waals surface area contributed by atoms with E-state index in [1.165, 1.54) is 41.4 Å². The monoisotopic (exact) mass is 251 g/mol. The van der Waals surface area contributed by atoms with Crippen LogP contribution in [0.5, 0.6) is 0 Å². The molecule has 0 amide bonds. The summed E-state index contributed by atoms with van der Waals surface area (Å²) in [5, 5.41) is 4.94. The number of likely N-dealkylation sites (N-methyl/N-ethyl adjacent to an activating group) is 1. The molecule has 1 unspecified atom stereocenters. The van der Waals surface area contributed by atoms with Gasteiger partial charge in [0.05, 0.1) is 11.7 Å². The Bertz CT molecular complexity index is 382. The van der Waals surface area contributed by atoms with Gasteiger partial charge in [0, 0.05) is 24.4 Å². The second-order valence-electron chi connectivity index (χ2n) is 5.04. The molecule has 1 saturated heterocycles. The SMILES string of the molecule is CCN1CCc2nc(C3CCCCN3)sc2C1. The summed E-state index contributed by atoms with van der Waals surface area (Å²) in [4.78, 5) is 8.90. The van der Waals surface area contributed by atoms with E-state index in [9.17, 15) is 0 Å². The first kappa shape index (κ1) is 11.6. The lowest BCUT2D eigenvalue weighted by Crippen LogP contribution is -2.29. The van der Waals surface area contributed by atoms with Crippen molar-refractivity contribution >= 4 is 11.3 Å². The number of aromatic nitrogens is 1. The fourth-order valence-electron chi connectivity index (χ4n) is 2.75. The summed E-state index contributed by atoms with van der Waals surface area (Å²) >= 11 is 1.95. The zero-order valence-corrected chi connectivity index (χ0v) is 11.4. The zero-order valence-electron chi connectivity index (χ0n) is 10.5. The fourth-order valence-corrected chi connectivity index (χ4v) is 4.01. The molecule has 4 heteroatoms. The van der Waals surface area contributed by atoms with Crippen LogP contribution in [-0.4, -0.2) is 29.5 Å². The Hall–Kier alpha value is -0.450. The summed E-state index contributed by atoms with van der Waals surface area (Å²) < 4.78 is 0. The number of fused-ring (bicyclic) bond motifs is 1. The normalized spacial score (nSPS) is 25.8. The lowest BCUT2D eigenvalue weighted by molar-refractivity contribution is 0.269. The molecule has 1 N–H and O–H groups in total. The number of nitrogens with zero attached hydrogens (tertiary/aromatic N) is 2. The first-order valence-electron chi connectivity index (χ1n) is 6.81. The third-order valence-corrected chi connectivity index (χ3v) is 5.08. The van der Waals surface area contributed by atoms with Gasteiger partial charge in [0.25, 0.3) is 0 Å². The van der Waals surface area contributed by atoms with Gasteiger partial charge in [-0.25, -0.2) is 4.98 Å². The second-order valence-corrected chi connectivity index (χ2v) is 6.16. The lowest BCUT2D eigenvalue weighted by atomic mass is 10.1. The van der Waals surface area contributed by atoms with Crippen molar-refractivity contribution in [2.24, 2.45) is 0 Å². The Labute approximate surface area is 107 Å². The molecule has 1 fully saturated rings. The predicted molar refractivity (Wildman–Crippen MR) is 71.4 cm³/mol. The summed E-state index contributed by atoms with van der Waals surface area (Å²) in [6.45, 7) is 6.88. The first-order valence-corrected chi connectivity index (χ1v) is 7.62. The maximum Gasteiger partial charge on any atom is 0.110 e. The van der Waals surface area contributed by atoms with Crippen LogP contribution < -0.4 is 5.32 Å². The van der Waals surface area contributed by atoms with E-state index in [0.29, 0.717) is 6.04 Å². The number of hydrogen-bond donors (Lipinski definition) is 1. The molecule has 1 aromatic rings. The van der Waals surface area contributed by atoms with Gasteiger partial charge in [-0.05, 0) is 25.9 Å². The maximum absolute atomic E-state index is 4.87. The smallest absolute Gasteiger partial charge is 0.110 e. The molecule has 3 rings (SSSR count). The van der Waals surface area contributed by atoms with Crippen molar-refractivity contribution in [2.75, 3.05) is 19.6 Å². The van der Waals surface area contributed by atoms with E-state index >= 15 is 0 Å². The second kappa shape index (κ2) is 5.04. The highest BCUT2D eigenvalue weighted by molar-refractivity contribution is 7.11. The van der Waals surface area contributed by atoms with E-state index in [4.69, 9.17) is 4.98 Å². The third-order valence-electron chi connectivity index (χ3n) is 3.88. The molecule has 2 aliphatic rings. The summed E-state index contributed by atoms with van der Waals surface area (Å²) in [6, 6.07) is 0.537. The van der Waals surface area contributed by atoms with Crippen LogP contribution in [0.3, 0.4) is 0 Å². The molecule has 17 heavy (non-hydrogen) atoms. The molecule has 94 valence electrons. The molecule has 0 saturated carbocycles. The van der Waals surface area contributed by atoms with Gasteiger partial charge >= 0.3 is 0 Å². The van der Waals surface area contributed by atoms with Crippen LogP contribution in [0.2, 0.25) is 0 Å². The van der Waals surface area contributed by atoms with Crippen LogP contribution >= 0.6 is 11.3 Å². The Morgan fingerprint density at radius 2 is 2.41 bits per heavy atom.